The number of para-hydroxylation sites is 1. The monoisotopic (exact) mass is 385 g/mol. The van der Waals surface area contributed by atoms with Crippen LogP contribution >= 0.6 is 0 Å². The maximum absolute atomic E-state index is 10.8. The number of rotatable bonds is 1. The van der Waals surface area contributed by atoms with Crippen molar-refractivity contribution in [3.05, 3.63) is 58.8 Å². The molecular weight excluding hydrogens is 366 g/mol. The molecule has 0 unspecified atom stereocenters. The van der Waals surface area contributed by atoms with Crippen molar-refractivity contribution in [1.29, 1.82) is 5.41 Å². The van der Waals surface area contributed by atoms with Gasteiger partial charge in [0.2, 0.25) is 5.88 Å². The first-order valence-electron chi connectivity index (χ1n) is 9.25. The molecule has 0 bridgehead atoms. The molecule has 0 atom stereocenters. The van der Waals surface area contributed by atoms with Crippen LogP contribution in [0.4, 0.5) is 0 Å². The van der Waals surface area contributed by atoms with E-state index in [4.69, 9.17) is 5.41 Å². The molecule has 3 heterocycles. The maximum atomic E-state index is 10.8. The molecule has 3 aromatic heterocycles. The van der Waals surface area contributed by atoms with E-state index < -0.39 is 0 Å². The van der Waals surface area contributed by atoms with E-state index >= 15 is 0 Å². The molecule has 29 heavy (non-hydrogen) atoms. The van der Waals surface area contributed by atoms with Gasteiger partial charge in [-0.05, 0) is 38.5 Å². The maximum Gasteiger partial charge on any atom is 0.223 e. The van der Waals surface area contributed by atoms with E-state index in [0.29, 0.717) is 39.0 Å². The molecule has 0 radical (unpaired) electrons. The summed E-state index contributed by atoms with van der Waals surface area (Å²) >= 11 is 0. The molecule has 0 amide bonds. The lowest BCUT2D eigenvalue weighted by molar-refractivity contribution is 0.462. The molecule has 0 spiro atoms. The lowest BCUT2D eigenvalue weighted by Crippen LogP contribution is -2.16. The molecule has 144 valence electrons. The summed E-state index contributed by atoms with van der Waals surface area (Å²) in [6.45, 7) is 5.58. The molecule has 4 N–H and O–H groups in total. The summed E-state index contributed by atoms with van der Waals surface area (Å²) in [6.07, 6.45) is 0. The first kappa shape index (κ1) is 17.2. The number of hydrogen-bond donors (Lipinski definition) is 4. The Morgan fingerprint density at radius 3 is 2.52 bits per heavy atom. The first-order valence-corrected chi connectivity index (χ1v) is 9.25. The normalized spacial score (nSPS) is 11.7. The van der Waals surface area contributed by atoms with Gasteiger partial charge in [0, 0.05) is 10.9 Å². The van der Waals surface area contributed by atoms with E-state index in [1.165, 1.54) is 0 Å². The van der Waals surface area contributed by atoms with E-state index in [2.05, 4.69) is 15.0 Å². The molecular formula is C22H19N5O2. The number of aromatic nitrogens is 4. The Morgan fingerprint density at radius 2 is 1.72 bits per heavy atom. The fourth-order valence-electron chi connectivity index (χ4n) is 4.09. The van der Waals surface area contributed by atoms with Crippen LogP contribution in [0, 0.1) is 26.2 Å². The summed E-state index contributed by atoms with van der Waals surface area (Å²) in [6, 6.07) is 11.0. The number of hydrogen-bond acceptors (Lipinski definition) is 5. The Kier molecular flexibility index (Phi) is 3.46. The molecule has 7 heteroatoms. The number of aryl methyl sites for hydroxylation is 2. The molecule has 0 saturated heterocycles. The minimum Gasteiger partial charge on any atom is -0.508 e. The van der Waals surface area contributed by atoms with Crippen LogP contribution in [-0.2, 0) is 0 Å². The van der Waals surface area contributed by atoms with Gasteiger partial charge >= 0.3 is 0 Å². The zero-order valence-electron chi connectivity index (χ0n) is 16.2. The number of nitrogens with one attached hydrogen (secondary N) is 2. The molecule has 7 nitrogen and oxygen atoms in total. The van der Waals surface area contributed by atoms with Crippen LogP contribution < -0.4 is 5.49 Å². The second kappa shape index (κ2) is 5.81. The number of phenolic OH excluding ortho intramolecular Hbond substituents is 1. The van der Waals surface area contributed by atoms with Crippen molar-refractivity contribution in [3.8, 4) is 17.3 Å². The van der Waals surface area contributed by atoms with E-state index in [0.717, 1.165) is 16.5 Å². The van der Waals surface area contributed by atoms with Crippen molar-refractivity contribution in [1.82, 2.24) is 19.5 Å². The predicted octanol–water partition coefficient (Wildman–Crippen LogP) is 3.87. The smallest absolute Gasteiger partial charge is 0.223 e. The average molecular weight is 385 g/mol. The van der Waals surface area contributed by atoms with Gasteiger partial charge in [-0.25, -0.2) is 9.97 Å². The SMILES string of the molecule is Cc1nc2c3c(c(O)nc4ccccc4c3[nH]1)c(=N)n2-c1c(C)ccc(O)c1C. The number of H-pyrrole nitrogens is 1. The van der Waals surface area contributed by atoms with Gasteiger partial charge in [-0.15, -0.1) is 0 Å². The van der Waals surface area contributed by atoms with Crippen molar-refractivity contribution < 1.29 is 10.2 Å². The van der Waals surface area contributed by atoms with E-state index in [-0.39, 0.29) is 17.1 Å². The molecule has 5 rings (SSSR count). The molecule has 0 aliphatic rings. The number of aromatic hydroxyl groups is 2. The summed E-state index contributed by atoms with van der Waals surface area (Å²) in [7, 11) is 0. The van der Waals surface area contributed by atoms with E-state index in [1.807, 2.05) is 38.1 Å². The fraction of sp³-hybridized carbons (Fsp3) is 0.136. The molecule has 2 aromatic carbocycles. The number of phenols is 1. The van der Waals surface area contributed by atoms with Crippen molar-refractivity contribution in [3.63, 3.8) is 0 Å². The van der Waals surface area contributed by atoms with Gasteiger partial charge in [0.05, 0.1) is 27.5 Å². The van der Waals surface area contributed by atoms with Crippen LogP contribution in [0.15, 0.2) is 36.4 Å². The second-order valence-electron chi connectivity index (χ2n) is 7.28. The third-order valence-electron chi connectivity index (χ3n) is 5.43. The Labute approximate surface area is 165 Å². The van der Waals surface area contributed by atoms with Crippen LogP contribution in [0.5, 0.6) is 11.6 Å². The highest BCUT2D eigenvalue weighted by Crippen LogP contribution is 2.35. The molecule has 0 saturated carbocycles. The van der Waals surface area contributed by atoms with Crippen LogP contribution in [0.3, 0.4) is 0 Å². The highest BCUT2D eigenvalue weighted by atomic mass is 16.3. The van der Waals surface area contributed by atoms with Gasteiger partial charge in [-0.1, -0.05) is 24.3 Å². The van der Waals surface area contributed by atoms with Crippen LogP contribution in [0.25, 0.3) is 38.5 Å². The molecule has 5 aromatic rings. The van der Waals surface area contributed by atoms with Gasteiger partial charge in [0.25, 0.3) is 0 Å². The first-order chi connectivity index (χ1) is 13.9. The number of fused-ring (bicyclic) bond motifs is 2. The zero-order chi connectivity index (χ0) is 20.4. The fourth-order valence-corrected chi connectivity index (χ4v) is 4.09. The van der Waals surface area contributed by atoms with Crippen LogP contribution in [0.2, 0.25) is 0 Å². The minimum atomic E-state index is -0.223. The summed E-state index contributed by atoms with van der Waals surface area (Å²) in [5, 5.41) is 31.8. The quantitative estimate of drug-likeness (QED) is 0.351. The van der Waals surface area contributed by atoms with Crippen molar-refractivity contribution >= 4 is 32.8 Å². The van der Waals surface area contributed by atoms with Crippen LogP contribution in [-0.4, -0.2) is 29.7 Å². The van der Waals surface area contributed by atoms with E-state index in [1.54, 1.807) is 23.6 Å². The number of aromatic amines is 1. The van der Waals surface area contributed by atoms with Crippen LogP contribution in [0.1, 0.15) is 17.0 Å². The summed E-state index contributed by atoms with van der Waals surface area (Å²) < 4.78 is 1.68. The molecule has 0 fully saturated rings. The summed E-state index contributed by atoms with van der Waals surface area (Å²) in [4.78, 5) is 12.4. The van der Waals surface area contributed by atoms with Gasteiger partial charge in [-0.2, -0.15) is 0 Å². The highest BCUT2D eigenvalue weighted by molar-refractivity contribution is 6.16. The topological polar surface area (TPSA) is 111 Å². The average Bonchev–Trinajstić information content (AvgIpc) is 2.89. The van der Waals surface area contributed by atoms with Crippen molar-refractivity contribution in [2.75, 3.05) is 0 Å². The van der Waals surface area contributed by atoms with Gasteiger partial charge in [0.1, 0.15) is 17.1 Å². The predicted molar refractivity (Wildman–Crippen MR) is 112 cm³/mol. The van der Waals surface area contributed by atoms with Gasteiger partial charge in [0.15, 0.2) is 5.65 Å². The third-order valence-corrected chi connectivity index (χ3v) is 5.43. The highest BCUT2D eigenvalue weighted by Gasteiger charge is 2.22. The summed E-state index contributed by atoms with van der Waals surface area (Å²) in [5.41, 5.74) is 4.19. The Balaban J connectivity index is 2.14. The van der Waals surface area contributed by atoms with Crippen molar-refractivity contribution in [2.45, 2.75) is 20.8 Å². The Hall–Kier alpha value is -3.87. The van der Waals surface area contributed by atoms with Gasteiger partial charge < -0.3 is 15.2 Å². The van der Waals surface area contributed by atoms with Gasteiger partial charge in [-0.3, -0.25) is 9.98 Å². The lowest BCUT2D eigenvalue weighted by Gasteiger charge is -2.14. The summed E-state index contributed by atoms with van der Waals surface area (Å²) in [5.74, 6) is 0.590. The molecule has 0 aliphatic heterocycles. The second-order valence-corrected chi connectivity index (χ2v) is 7.28. The lowest BCUT2D eigenvalue weighted by atomic mass is 10.1. The number of benzene rings is 2. The Bertz CT molecular complexity index is 1530. The minimum absolute atomic E-state index is 0.0682. The van der Waals surface area contributed by atoms with E-state index in [9.17, 15) is 10.2 Å². The standard InChI is InChI=1S/C22H19N5O2/c1-10-8-9-15(28)11(2)19(10)27-20(23)17-16-18(24-12(3)25-21(16)27)13-6-4-5-7-14(13)26-22(17)29/h4-9,23,28-29H,1-3H3,(H,24,25). The largest absolute Gasteiger partial charge is 0.508 e. The molecule has 0 aliphatic carbocycles. The number of nitrogens with zero attached hydrogens (tertiary/aromatic N) is 3. The Morgan fingerprint density at radius 1 is 0.966 bits per heavy atom. The third kappa shape index (κ3) is 2.27. The zero-order valence-corrected chi connectivity index (χ0v) is 16.2. The van der Waals surface area contributed by atoms with Crippen molar-refractivity contribution in [2.24, 2.45) is 0 Å².